The molecule has 0 aromatic carbocycles. The first kappa shape index (κ1) is 13.3. The summed E-state index contributed by atoms with van der Waals surface area (Å²) in [7, 11) is 0. The lowest BCUT2D eigenvalue weighted by Gasteiger charge is -2.35. The fourth-order valence-corrected chi connectivity index (χ4v) is 2.42. The first-order valence-corrected chi connectivity index (χ1v) is 5.91. The molecule has 0 spiro atoms. The highest BCUT2D eigenvalue weighted by molar-refractivity contribution is 9.09. The normalized spacial score (nSPS) is 18.2. The zero-order valence-electron chi connectivity index (χ0n) is 8.96. The maximum atomic E-state index is 12.6. The molecular weight excluding hydrogens is 317 g/mol. The van der Waals surface area contributed by atoms with Gasteiger partial charge in [-0.05, 0) is 25.3 Å². The Balaban J connectivity index is 2.53. The van der Waals surface area contributed by atoms with Crippen LogP contribution in [0, 0.1) is 0 Å². The van der Waals surface area contributed by atoms with Crippen molar-refractivity contribution in [3.05, 3.63) is 23.3 Å². The van der Waals surface area contributed by atoms with Crippen molar-refractivity contribution in [3.8, 4) is 0 Å². The molecule has 0 radical (unpaired) electrons. The number of aromatic nitrogens is 2. The van der Waals surface area contributed by atoms with E-state index in [1.807, 2.05) is 0 Å². The van der Waals surface area contributed by atoms with Gasteiger partial charge in [0.1, 0.15) is 0 Å². The van der Waals surface area contributed by atoms with E-state index in [4.69, 9.17) is 5.11 Å². The smallest absolute Gasteiger partial charge is 0.451 e. The third-order valence-corrected chi connectivity index (χ3v) is 4.00. The second-order valence-electron chi connectivity index (χ2n) is 4.08. The molecule has 1 saturated carbocycles. The van der Waals surface area contributed by atoms with Crippen LogP contribution < -0.4 is 0 Å². The van der Waals surface area contributed by atoms with Crippen LogP contribution >= 0.6 is 15.9 Å². The molecule has 0 saturated heterocycles. The lowest BCUT2D eigenvalue weighted by atomic mass is 9.82. The number of carboxylic acids is 1. The Hall–Kier alpha value is -1.18. The van der Waals surface area contributed by atoms with Crippen LogP contribution in [0.5, 0.6) is 0 Å². The average Bonchev–Trinajstić information content (AvgIpc) is 2.24. The molecule has 1 aromatic rings. The SMILES string of the molecule is O=C(O)c1cc(C2(Br)CCC2)nc(C(F)(F)F)n1. The van der Waals surface area contributed by atoms with Crippen molar-refractivity contribution < 1.29 is 23.1 Å². The van der Waals surface area contributed by atoms with Crippen molar-refractivity contribution in [1.82, 2.24) is 9.97 Å². The third kappa shape index (κ3) is 2.33. The molecule has 1 heterocycles. The van der Waals surface area contributed by atoms with Gasteiger partial charge in [-0.15, -0.1) is 0 Å². The summed E-state index contributed by atoms with van der Waals surface area (Å²) in [6.07, 6.45) is -2.65. The van der Waals surface area contributed by atoms with Gasteiger partial charge in [0.15, 0.2) is 5.69 Å². The molecular formula is C10H8BrF3N2O2. The lowest BCUT2D eigenvalue weighted by Crippen LogP contribution is -2.30. The van der Waals surface area contributed by atoms with Crippen LogP contribution in [0.2, 0.25) is 0 Å². The van der Waals surface area contributed by atoms with Crippen molar-refractivity contribution in [3.63, 3.8) is 0 Å². The average molecular weight is 325 g/mol. The van der Waals surface area contributed by atoms with Gasteiger partial charge >= 0.3 is 12.1 Å². The largest absolute Gasteiger partial charge is 0.477 e. The molecule has 1 fully saturated rings. The number of carbonyl (C=O) groups is 1. The lowest BCUT2D eigenvalue weighted by molar-refractivity contribution is -0.145. The highest BCUT2D eigenvalue weighted by Gasteiger charge is 2.42. The molecule has 1 N–H and O–H groups in total. The van der Waals surface area contributed by atoms with E-state index < -0.39 is 28.0 Å². The zero-order valence-corrected chi connectivity index (χ0v) is 10.5. The van der Waals surface area contributed by atoms with Crippen LogP contribution in [0.15, 0.2) is 6.07 Å². The van der Waals surface area contributed by atoms with Crippen molar-refractivity contribution in [2.75, 3.05) is 0 Å². The van der Waals surface area contributed by atoms with E-state index >= 15 is 0 Å². The highest BCUT2D eigenvalue weighted by atomic mass is 79.9. The van der Waals surface area contributed by atoms with Gasteiger partial charge in [-0.2, -0.15) is 13.2 Å². The quantitative estimate of drug-likeness (QED) is 0.849. The maximum Gasteiger partial charge on any atom is 0.451 e. The Morgan fingerprint density at radius 1 is 1.39 bits per heavy atom. The minimum absolute atomic E-state index is 0.0773. The van der Waals surface area contributed by atoms with Crippen molar-refractivity contribution in [1.29, 1.82) is 0 Å². The van der Waals surface area contributed by atoms with Gasteiger partial charge in [-0.1, -0.05) is 15.9 Å². The van der Waals surface area contributed by atoms with E-state index in [0.29, 0.717) is 12.8 Å². The molecule has 98 valence electrons. The number of hydrogen-bond acceptors (Lipinski definition) is 3. The molecule has 4 nitrogen and oxygen atoms in total. The Morgan fingerprint density at radius 2 is 2.00 bits per heavy atom. The number of aromatic carboxylic acids is 1. The molecule has 2 rings (SSSR count). The third-order valence-electron chi connectivity index (χ3n) is 2.80. The minimum Gasteiger partial charge on any atom is -0.477 e. The summed E-state index contributed by atoms with van der Waals surface area (Å²) in [6.45, 7) is 0. The fourth-order valence-electron chi connectivity index (χ4n) is 1.66. The molecule has 1 aliphatic carbocycles. The fraction of sp³-hybridized carbons (Fsp3) is 0.500. The minimum atomic E-state index is -4.76. The van der Waals surface area contributed by atoms with E-state index in [1.165, 1.54) is 0 Å². The Labute approximate surface area is 108 Å². The molecule has 1 aliphatic rings. The maximum absolute atomic E-state index is 12.6. The number of rotatable bonds is 2. The molecule has 8 heteroatoms. The number of nitrogens with zero attached hydrogens (tertiary/aromatic N) is 2. The Bertz CT molecular complexity index is 500. The van der Waals surface area contributed by atoms with E-state index in [-0.39, 0.29) is 5.69 Å². The van der Waals surface area contributed by atoms with Gasteiger partial charge in [0.25, 0.3) is 0 Å². The summed E-state index contributed by atoms with van der Waals surface area (Å²) < 4.78 is 37.1. The summed E-state index contributed by atoms with van der Waals surface area (Å²) >= 11 is 3.31. The standard InChI is InChI=1S/C10H8BrF3N2O2/c11-9(2-1-3-9)6-4-5(7(17)18)15-8(16-6)10(12,13)14/h4H,1-3H2,(H,17,18). The van der Waals surface area contributed by atoms with Crippen molar-refractivity contribution >= 4 is 21.9 Å². The first-order valence-electron chi connectivity index (χ1n) is 5.11. The van der Waals surface area contributed by atoms with Gasteiger partial charge in [0.2, 0.25) is 5.82 Å². The topological polar surface area (TPSA) is 63.1 Å². The van der Waals surface area contributed by atoms with Gasteiger partial charge in [-0.25, -0.2) is 14.8 Å². The summed E-state index contributed by atoms with van der Waals surface area (Å²) in [5.41, 5.74) is -0.563. The number of hydrogen-bond donors (Lipinski definition) is 1. The first-order chi connectivity index (χ1) is 8.22. The van der Waals surface area contributed by atoms with E-state index in [1.54, 1.807) is 0 Å². The van der Waals surface area contributed by atoms with Gasteiger partial charge in [0, 0.05) is 0 Å². The summed E-state index contributed by atoms with van der Waals surface area (Å²) in [5, 5.41) is 8.78. The van der Waals surface area contributed by atoms with E-state index in [2.05, 4.69) is 25.9 Å². The van der Waals surface area contributed by atoms with Crippen LogP contribution in [0.1, 0.15) is 41.3 Å². The summed E-state index contributed by atoms with van der Waals surface area (Å²) in [5.74, 6) is -2.91. The van der Waals surface area contributed by atoms with Crippen LogP contribution in [0.25, 0.3) is 0 Å². The molecule has 0 bridgehead atoms. The summed E-state index contributed by atoms with van der Waals surface area (Å²) in [4.78, 5) is 17.2. The van der Waals surface area contributed by atoms with Crippen LogP contribution in [-0.4, -0.2) is 21.0 Å². The molecule has 18 heavy (non-hydrogen) atoms. The van der Waals surface area contributed by atoms with E-state index in [0.717, 1.165) is 12.5 Å². The second kappa shape index (κ2) is 4.18. The predicted octanol–water partition coefficient (Wildman–Crippen LogP) is 2.97. The molecule has 1 aromatic heterocycles. The molecule has 0 unspecified atom stereocenters. The van der Waals surface area contributed by atoms with Gasteiger partial charge in [0.05, 0.1) is 10.0 Å². The van der Waals surface area contributed by atoms with Crippen LogP contribution in [0.4, 0.5) is 13.2 Å². The van der Waals surface area contributed by atoms with Crippen LogP contribution in [-0.2, 0) is 10.5 Å². The van der Waals surface area contributed by atoms with Crippen LogP contribution in [0.3, 0.4) is 0 Å². The molecule has 0 aliphatic heterocycles. The van der Waals surface area contributed by atoms with Crippen molar-refractivity contribution in [2.24, 2.45) is 0 Å². The Kier molecular flexibility index (Phi) is 3.08. The summed E-state index contributed by atoms with van der Waals surface area (Å²) in [6, 6.07) is 1.09. The Morgan fingerprint density at radius 3 is 2.39 bits per heavy atom. The second-order valence-corrected chi connectivity index (χ2v) is 5.60. The van der Waals surface area contributed by atoms with E-state index in [9.17, 15) is 18.0 Å². The predicted molar refractivity (Wildman–Crippen MR) is 58.4 cm³/mol. The van der Waals surface area contributed by atoms with Gasteiger partial charge in [-0.3, -0.25) is 0 Å². The van der Waals surface area contributed by atoms with Crippen molar-refractivity contribution in [2.45, 2.75) is 29.8 Å². The monoisotopic (exact) mass is 324 g/mol. The molecule has 0 amide bonds. The number of alkyl halides is 4. The highest BCUT2D eigenvalue weighted by Crippen LogP contribution is 2.48. The molecule has 0 atom stereocenters. The number of carboxylic acid groups (broad SMARTS) is 1. The van der Waals surface area contributed by atoms with Gasteiger partial charge < -0.3 is 5.11 Å². The number of halogens is 4. The zero-order chi connectivity index (χ0) is 13.6.